The lowest BCUT2D eigenvalue weighted by Gasteiger charge is -2.33. The predicted molar refractivity (Wildman–Crippen MR) is 96.0 cm³/mol. The number of ether oxygens (including phenoxy) is 1. The highest BCUT2D eigenvalue weighted by molar-refractivity contribution is 7.99. The van der Waals surface area contributed by atoms with Crippen LogP contribution in [0.1, 0.15) is 27.2 Å². The van der Waals surface area contributed by atoms with Gasteiger partial charge >= 0.3 is 0 Å². The van der Waals surface area contributed by atoms with E-state index in [1.54, 1.807) is 18.9 Å². The maximum absolute atomic E-state index is 12.0. The number of hydrogen-bond acceptors (Lipinski definition) is 4. The first kappa shape index (κ1) is 21.1. The molecule has 1 amide bonds. The van der Waals surface area contributed by atoms with Crippen LogP contribution in [0.15, 0.2) is 29.2 Å². The van der Waals surface area contributed by atoms with E-state index >= 15 is 0 Å². The molecule has 0 aliphatic carbocycles. The number of nitrogens with one attached hydrogen (secondary N) is 1. The molecule has 126 valence electrons. The van der Waals surface area contributed by atoms with Crippen LogP contribution in [0, 0.1) is 5.92 Å². The fourth-order valence-electron chi connectivity index (χ4n) is 1.75. The normalized spacial score (nSPS) is 13.2. The molecule has 22 heavy (non-hydrogen) atoms. The summed E-state index contributed by atoms with van der Waals surface area (Å²) in [4.78, 5) is 13.1. The Morgan fingerprint density at radius 2 is 1.95 bits per heavy atom. The minimum Gasteiger partial charge on any atom is -0.497 e. The summed E-state index contributed by atoms with van der Waals surface area (Å²) in [7, 11) is 1.65. The fraction of sp³-hybridized carbons (Fsp3) is 0.562. The third-order valence-corrected chi connectivity index (χ3v) is 4.79. The summed E-state index contributed by atoms with van der Waals surface area (Å²) in [5.74, 6) is 1.95. The van der Waals surface area contributed by atoms with Gasteiger partial charge < -0.3 is 15.8 Å². The zero-order valence-corrected chi connectivity index (χ0v) is 15.4. The largest absolute Gasteiger partial charge is 0.497 e. The van der Waals surface area contributed by atoms with Crippen LogP contribution in [0.2, 0.25) is 0 Å². The second-order valence-corrected chi connectivity index (χ2v) is 6.77. The van der Waals surface area contributed by atoms with Crippen molar-refractivity contribution >= 4 is 30.1 Å². The van der Waals surface area contributed by atoms with E-state index in [0.29, 0.717) is 18.9 Å². The molecule has 1 rings (SSSR count). The average Bonchev–Trinajstić information content (AvgIpc) is 2.47. The monoisotopic (exact) mass is 346 g/mol. The Hall–Kier alpha value is -0.910. The highest BCUT2D eigenvalue weighted by Crippen LogP contribution is 2.22. The Kier molecular flexibility index (Phi) is 9.56. The second kappa shape index (κ2) is 9.98. The first-order valence-electron chi connectivity index (χ1n) is 7.19. The van der Waals surface area contributed by atoms with Crippen molar-refractivity contribution < 1.29 is 9.53 Å². The molecule has 0 fully saturated rings. The van der Waals surface area contributed by atoms with Gasteiger partial charge in [0, 0.05) is 23.6 Å². The smallest absolute Gasteiger partial charge is 0.221 e. The molecule has 0 bridgehead atoms. The molecule has 1 aromatic carbocycles. The lowest BCUT2D eigenvalue weighted by atomic mass is 9.88. The maximum atomic E-state index is 12.0. The van der Waals surface area contributed by atoms with Gasteiger partial charge in [-0.15, -0.1) is 24.2 Å². The van der Waals surface area contributed by atoms with Crippen LogP contribution in [0.5, 0.6) is 5.75 Å². The Morgan fingerprint density at radius 1 is 1.36 bits per heavy atom. The van der Waals surface area contributed by atoms with Crippen LogP contribution in [0.3, 0.4) is 0 Å². The van der Waals surface area contributed by atoms with Gasteiger partial charge in [0.1, 0.15) is 5.75 Å². The molecule has 6 heteroatoms. The summed E-state index contributed by atoms with van der Waals surface area (Å²) < 4.78 is 5.12. The van der Waals surface area contributed by atoms with Crippen molar-refractivity contribution in [1.29, 1.82) is 0 Å². The number of amides is 1. The molecule has 0 aromatic heterocycles. The SMILES string of the molecule is COc1ccc(SCCC(=O)NC(C)(CN)C(C)C)cc1.Cl. The van der Waals surface area contributed by atoms with E-state index in [0.717, 1.165) is 16.4 Å². The molecule has 0 aliphatic rings. The molecule has 4 nitrogen and oxygen atoms in total. The average molecular weight is 347 g/mol. The first-order valence-corrected chi connectivity index (χ1v) is 8.17. The van der Waals surface area contributed by atoms with Crippen LogP contribution < -0.4 is 15.8 Å². The van der Waals surface area contributed by atoms with E-state index in [1.807, 2.05) is 31.2 Å². The lowest BCUT2D eigenvalue weighted by molar-refractivity contribution is -0.122. The van der Waals surface area contributed by atoms with Gasteiger partial charge in [-0.1, -0.05) is 13.8 Å². The maximum Gasteiger partial charge on any atom is 0.221 e. The minimum absolute atomic E-state index is 0. The van der Waals surface area contributed by atoms with Crippen molar-refractivity contribution in [3.05, 3.63) is 24.3 Å². The third kappa shape index (κ3) is 6.46. The molecular formula is C16H27ClN2O2S. The third-order valence-electron chi connectivity index (χ3n) is 3.78. The second-order valence-electron chi connectivity index (χ2n) is 5.60. The molecule has 0 radical (unpaired) electrons. The summed E-state index contributed by atoms with van der Waals surface area (Å²) >= 11 is 1.66. The topological polar surface area (TPSA) is 64.3 Å². The van der Waals surface area contributed by atoms with Gasteiger partial charge in [0.15, 0.2) is 0 Å². The molecule has 0 heterocycles. The Labute approximate surface area is 144 Å². The number of benzene rings is 1. The number of rotatable bonds is 8. The molecule has 0 saturated carbocycles. The number of hydrogen-bond donors (Lipinski definition) is 2. The number of carbonyl (C=O) groups is 1. The van der Waals surface area contributed by atoms with Crippen molar-refractivity contribution in [3.63, 3.8) is 0 Å². The quantitative estimate of drug-likeness (QED) is 0.710. The van der Waals surface area contributed by atoms with Gasteiger partial charge in [-0.25, -0.2) is 0 Å². The highest BCUT2D eigenvalue weighted by atomic mass is 35.5. The molecule has 0 spiro atoms. The van der Waals surface area contributed by atoms with E-state index in [2.05, 4.69) is 19.2 Å². The van der Waals surface area contributed by atoms with Crippen molar-refractivity contribution in [2.75, 3.05) is 19.4 Å². The van der Waals surface area contributed by atoms with Crippen molar-refractivity contribution in [1.82, 2.24) is 5.32 Å². The summed E-state index contributed by atoms with van der Waals surface area (Å²) in [6.45, 7) is 6.58. The van der Waals surface area contributed by atoms with Gasteiger partial charge in [-0.05, 0) is 37.1 Å². The Balaban J connectivity index is 0.00000441. The fourth-order valence-corrected chi connectivity index (χ4v) is 2.60. The number of methoxy groups -OCH3 is 1. The summed E-state index contributed by atoms with van der Waals surface area (Å²) in [5, 5.41) is 3.05. The van der Waals surface area contributed by atoms with Gasteiger partial charge in [-0.3, -0.25) is 4.79 Å². The van der Waals surface area contributed by atoms with E-state index < -0.39 is 0 Å². The van der Waals surface area contributed by atoms with Crippen molar-refractivity contribution in [3.8, 4) is 5.75 Å². The summed E-state index contributed by atoms with van der Waals surface area (Å²) in [5.41, 5.74) is 5.44. The summed E-state index contributed by atoms with van der Waals surface area (Å²) in [6.07, 6.45) is 0.485. The van der Waals surface area contributed by atoms with Crippen LogP contribution in [0.25, 0.3) is 0 Å². The van der Waals surface area contributed by atoms with Gasteiger partial charge in [-0.2, -0.15) is 0 Å². The lowest BCUT2D eigenvalue weighted by Crippen LogP contribution is -2.55. The number of thioether (sulfide) groups is 1. The Morgan fingerprint density at radius 3 is 2.41 bits per heavy atom. The zero-order chi connectivity index (χ0) is 15.9. The molecular weight excluding hydrogens is 320 g/mol. The zero-order valence-electron chi connectivity index (χ0n) is 13.7. The molecule has 0 aliphatic heterocycles. The van der Waals surface area contributed by atoms with E-state index in [4.69, 9.17) is 10.5 Å². The predicted octanol–water partition coefficient (Wildman–Crippen LogP) is 3.09. The molecule has 1 atom stereocenters. The van der Waals surface area contributed by atoms with Crippen molar-refractivity contribution in [2.24, 2.45) is 11.7 Å². The van der Waals surface area contributed by atoms with Crippen LogP contribution >= 0.6 is 24.2 Å². The molecule has 1 unspecified atom stereocenters. The molecule has 1 aromatic rings. The van der Waals surface area contributed by atoms with Crippen LogP contribution in [-0.4, -0.2) is 30.9 Å². The number of halogens is 1. The van der Waals surface area contributed by atoms with Crippen LogP contribution in [0.4, 0.5) is 0 Å². The molecule has 0 saturated heterocycles. The first-order chi connectivity index (χ1) is 9.91. The number of carbonyl (C=O) groups excluding carboxylic acids is 1. The van der Waals surface area contributed by atoms with Gasteiger partial charge in [0.2, 0.25) is 5.91 Å². The van der Waals surface area contributed by atoms with E-state index in [9.17, 15) is 4.79 Å². The number of nitrogens with two attached hydrogens (primary N) is 1. The van der Waals surface area contributed by atoms with Gasteiger partial charge in [0.25, 0.3) is 0 Å². The standard InChI is InChI=1S/C16H26N2O2S.ClH/c1-12(2)16(3,11-17)18-15(19)9-10-21-14-7-5-13(20-4)6-8-14;/h5-8,12H,9-11,17H2,1-4H3,(H,18,19);1H. The summed E-state index contributed by atoms with van der Waals surface area (Å²) in [6, 6.07) is 7.85. The van der Waals surface area contributed by atoms with Gasteiger partial charge in [0.05, 0.1) is 12.6 Å². The van der Waals surface area contributed by atoms with E-state index in [-0.39, 0.29) is 23.9 Å². The molecule has 3 N–H and O–H groups in total. The van der Waals surface area contributed by atoms with E-state index in [1.165, 1.54) is 0 Å². The van der Waals surface area contributed by atoms with Crippen LogP contribution in [-0.2, 0) is 4.79 Å². The minimum atomic E-state index is -0.331. The Bertz CT molecular complexity index is 454. The van der Waals surface area contributed by atoms with Crippen molar-refractivity contribution in [2.45, 2.75) is 37.6 Å². The highest BCUT2D eigenvalue weighted by Gasteiger charge is 2.28.